The Hall–Kier alpha value is -3.36. The summed E-state index contributed by atoms with van der Waals surface area (Å²) in [6, 6.07) is -3.87. The number of aliphatic carboxylic acids is 2. The summed E-state index contributed by atoms with van der Waals surface area (Å²) in [5.74, 6) is -6.73. The van der Waals surface area contributed by atoms with Crippen LogP contribution in [0.4, 0.5) is 0 Å². The lowest BCUT2D eigenvalue weighted by Gasteiger charge is -2.49. The Morgan fingerprint density at radius 3 is 1.80 bits per heavy atom. The molecule has 0 aromatic heterocycles. The van der Waals surface area contributed by atoms with Crippen molar-refractivity contribution in [2.24, 2.45) is 0 Å². The quantitative estimate of drug-likeness (QED) is 0.0639. The lowest BCUT2D eigenvalue weighted by atomic mass is 9.94. The van der Waals surface area contributed by atoms with E-state index in [1.54, 1.807) is 0 Å². The first-order valence-corrected chi connectivity index (χ1v) is 19.7. The minimum Gasteiger partial charge on any atom is -0.479 e. The second kappa shape index (κ2) is 19.8. The van der Waals surface area contributed by atoms with Crippen LogP contribution >= 0.6 is 0 Å². The van der Waals surface area contributed by atoms with Crippen molar-refractivity contribution in [1.29, 1.82) is 0 Å². The predicted molar refractivity (Wildman–Crippen MR) is 177 cm³/mol. The molecule has 0 spiro atoms. The number of carboxylic acids is 2. The number of carbonyl (C=O) groups excluding carboxylic acids is 2. The third-order valence-corrected chi connectivity index (χ3v) is 9.84. The Morgan fingerprint density at radius 2 is 1.27 bits per heavy atom. The normalized spacial score (nSPS) is 40.1. The summed E-state index contributed by atoms with van der Waals surface area (Å²) in [4.78, 5) is 48.6. The molecule has 4 heterocycles. The van der Waals surface area contributed by atoms with E-state index in [-0.39, 0.29) is 0 Å². The molecule has 30 nitrogen and oxygen atoms in total. The first kappa shape index (κ1) is 49.3. The number of carboxylic acid groups (broad SMARTS) is 2. The Bertz CT molecular complexity index is 1820. The molecule has 32 heteroatoms. The zero-order valence-corrected chi connectivity index (χ0v) is 32.2. The molecule has 4 aliphatic heterocycles. The van der Waals surface area contributed by atoms with Gasteiger partial charge in [0.25, 0.3) is 0 Å². The summed E-state index contributed by atoms with van der Waals surface area (Å²) < 4.78 is 111. The van der Waals surface area contributed by atoms with Crippen LogP contribution in [0.2, 0.25) is 0 Å². The van der Waals surface area contributed by atoms with Crippen LogP contribution < -0.4 is 10.6 Å². The zero-order chi connectivity index (χ0) is 45.2. The molecular weight excluding hydrogens is 876 g/mol. The molecule has 18 atom stereocenters. The van der Waals surface area contributed by atoms with Crippen LogP contribution in [0.5, 0.6) is 0 Å². The van der Waals surface area contributed by atoms with Crippen molar-refractivity contribution in [2.45, 2.75) is 124 Å². The summed E-state index contributed by atoms with van der Waals surface area (Å²) in [5, 5.41) is 98.9. The molecule has 4 rings (SSSR count). The van der Waals surface area contributed by atoms with Gasteiger partial charge in [0.15, 0.2) is 25.0 Å². The van der Waals surface area contributed by atoms with Crippen LogP contribution in [0.25, 0.3) is 0 Å². The highest BCUT2D eigenvalue weighted by Crippen LogP contribution is 2.35. The largest absolute Gasteiger partial charge is 0.479 e. The van der Waals surface area contributed by atoms with Crippen molar-refractivity contribution >= 4 is 44.6 Å². The number of ether oxygens (including phenoxy) is 7. The molecule has 18 unspecified atom stereocenters. The second-order valence-corrected chi connectivity index (χ2v) is 15.4. The van der Waals surface area contributed by atoms with E-state index < -0.39 is 174 Å². The topological polar surface area (TPSA) is 466 Å². The van der Waals surface area contributed by atoms with Gasteiger partial charge in [-0.1, -0.05) is 0 Å². The summed E-state index contributed by atoms with van der Waals surface area (Å²) in [7, 11) is -10.7. The van der Waals surface area contributed by atoms with Gasteiger partial charge in [0.1, 0.15) is 79.2 Å². The molecule has 0 bridgehead atoms. The Morgan fingerprint density at radius 1 is 0.683 bits per heavy atom. The fourth-order valence-corrected chi connectivity index (χ4v) is 7.21. The number of nitrogens with one attached hydrogen (secondary N) is 2. The molecule has 2 amide bonds. The van der Waals surface area contributed by atoms with Gasteiger partial charge in [-0.25, -0.2) is 18.0 Å². The lowest BCUT2D eigenvalue weighted by Crippen LogP contribution is -2.70. The molecule has 0 aromatic carbocycles. The number of hydrogen-bond acceptors (Lipinski definition) is 24. The Balaban J connectivity index is 1.69. The molecule has 3 saturated heterocycles. The van der Waals surface area contributed by atoms with Crippen molar-refractivity contribution in [3.05, 3.63) is 11.8 Å². The highest BCUT2D eigenvalue weighted by molar-refractivity contribution is 7.81. The number of aliphatic hydroxyl groups excluding tert-OH is 7. The van der Waals surface area contributed by atoms with Gasteiger partial charge < -0.3 is 89.8 Å². The molecule has 4 aliphatic rings. The fraction of sp³-hybridized carbons (Fsp3) is 0.786. The molecule has 0 aromatic rings. The standard InChI is InChI=1S/C28H42N2O28S2/c1-6(32)29-12-19(15(36)11(51-25(12)43)5-50-59(44,45)46)54-28-17(38)16(37)21(22(57-28)24(41)42)56-26-13(30-7(2)33)20(18(10(4-31)53-26)58-60(47,48)49)55-27-14(35)8(34)3-9(52-27)23(39)40/h3,8,10-22,25-28,31,34-38,43H,4-5H2,1-2H3,(H,29,32)(H,30,33)(H,39,40)(H,41,42)(H,44,45,46)(H,47,48,49). The van der Waals surface area contributed by atoms with Crippen LogP contribution in [0.15, 0.2) is 11.8 Å². The van der Waals surface area contributed by atoms with E-state index in [9.17, 15) is 86.5 Å². The third kappa shape index (κ3) is 12.2. The Kier molecular flexibility index (Phi) is 16.3. The van der Waals surface area contributed by atoms with Crippen molar-refractivity contribution < 1.29 is 133 Å². The van der Waals surface area contributed by atoms with Gasteiger partial charge in [0.05, 0.1) is 13.2 Å². The second-order valence-electron chi connectivity index (χ2n) is 13.3. The predicted octanol–water partition coefficient (Wildman–Crippen LogP) is -8.47. The summed E-state index contributed by atoms with van der Waals surface area (Å²) in [5.41, 5.74) is 0. The van der Waals surface area contributed by atoms with Gasteiger partial charge in [0.2, 0.25) is 23.9 Å². The summed E-state index contributed by atoms with van der Waals surface area (Å²) in [6.45, 7) is -0.662. The zero-order valence-electron chi connectivity index (χ0n) is 30.6. The maximum Gasteiger partial charge on any atom is 0.397 e. The summed E-state index contributed by atoms with van der Waals surface area (Å²) >= 11 is 0. The molecule has 60 heavy (non-hydrogen) atoms. The smallest absolute Gasteiger partial charge is 0.397 e. The number of aliphatic hydroxyl groups is 7. The number of hydrogen-bond donors (Lipinski definition) is 13. The highest BCUT2D eigenvalue weighted by atomic mass is 32.3. The van der Waals surface area contributed by atoms with Gasteiger partial charge in [-0.2, -0.15) is 16.8 Å². The number of rotatable bonds is 16. The van der Waals surface area contributed by atoms with Crippen LogP contribution in [0.3, 0.4) is 0 Å². The van der Waals surface area contributed by atoms with Gasteiger partial charge in [-0.05, 0) is 6.08 Å². The maximum absolute atomic E-state index is 12.6. The van der Waals surface area contributed by atoms with Gasteiger partial charge in [-0.3, -0.25) is 18.7 Å². The molecular formula is C28H42N2O28S2. The van der Waals surface area contributed by atoms with E-state index in [4.69, 9.17) is 37.7 Å². The lowest BCUT2D eigenvalue weighted by molar-refractivity contribution is -0.362. The van der Waals surface area contributed by atoms with Crippen molar-refractivity contribution in [2.75, 3.05) is 13.2 Å². The van der Waals surface area contributed by atoms with Crippen LogP contribution in [0.1, 0.15) is 13.8 Å². The van der Waals surface area contributed by atoms with E-state index >= 15 is 0 Å². The molecule has 13 N–H and O–H groups in total. The molecule has 0 radical (unpaired) electrons. The van der Waals surface area contributed by atoms with E-state index in [2.05, 4.69) is 19.0 Å². The monoisotopic (exact) mass is 918 g/mol. The van der Waals surface area contributed by atoms with Gasteiger partial charge >= 0.3 is 32.7 Å². The maximum atomic E-state index is 12.6. The van der Waals surface area contributed by atoms with Gasteiger partial charge in [0, 0.05) is 13.8 Å². The minimum absolute atomic E-state index is 0.553. The van der Waals surface area contributed by atoms with Gasteiger partial charge in [-0.15, -0.1) is 0 Å². The third-order valence-electron chi connectivity index (χ3n) is 8.94. The SMILES string of the molecule is CC(=O)NC1C(O)OC(COS(=O)(=O)O)C(O)C1OC1OC(C(=O)O)C(OC2OC(CO)C(OS(=O)(=O)O)C(OC3OC(C(=O)O)=CC(O)C3O)C2NC(C)=O)C(O)C1O. The fourth-order valence-electron chi connectivity index (χ4n) is 6.39. The first-order chi connectivity index (χ1) is 27.7. The highest BCUT2D eigenvalue weighted by Gasteiger charge is 2.57. The number of carbonyl (C=O) groups is 4. The van der Waals surface area contributed by atoms with E-state index in [0.29, 0.717) is 6.08 Å². The van der Waals surface area contributed by atoms with Crippen LogP contribution in [-0.2, 0) is 81.5 Å². The average molecular weight is 919 g/mol. The van der Waals surface area contributed by atoms with Crippen molar-refractivity contribution in [3.63, 3.8) is 0 Å². The van der Waals surface area contributed by atoms with E-state index in [1.807, 2.05) is 0 Å². The van der Waals surface area contributed by atoms with E-state index in [1.165, 1.54) is 0 Å². The van der Waals surface area contributed by atoms with Crippen molar-refractivity contribution in [3.8, 4) is 0 Å². The minimum atomic E-state index is -5.55. The average Bonchev–Trinajstić information content (AvgIpc) is 3.12. The van der Waals surface area contributed by atoms with Crippen LogP contribution in [0, 0.1) is 0 Å². The van der Waals surface area contributed by atoms with Crippen LogP contribution in [-0.4, -0.2) is 219 Å². The Labute approximate surface area is 336 Å². The summed E-state index contributed by atoms with van der Waals surface area (Å²) in [6.07, 6.45) is -35.1. The molecule has 344 valence electrons. The van der Waals surface area contributed by atoms with E-state index in [0.717, 1.165) is 13.8 Å². The van der Waals surface area contributed by atoms with Crippen molar-refractivity contribution in [1.82, 2.24) is 10.6 Å². The molecule has 0 aliphatic carbocycles. The molecule has 3 fully saturated rings. The molecule has 0 saturated carbocycles. The first-order valence-electron chi connectivity index (χ1n) is 17.0. The number of amides is 2.